The number of benzene rings is 1. The van der Waals surface area contributed by atoms with Gasteiger partial charge in [-0.05, 0) is 29.8 Å². The molecule has 1 N–H and O–H groups in total. The lowest BCUT2D eigenvalue weighted by molar-refractivity contribution is 1.27. The minimum Gasteiger partial charge on any atom is -0.337 e. The molecule has 2 heterocycles. The van der Waals surface area contributed by atoms with Crippen molar-refractivity contribution < 1.29 is 0 Å². The smallest absolute Gasteiger partial charge is 0.149 e. The quantitative estimate of drug-likeness (QED) is 0.732. The van der Waals surface area contributed by atoms with Gasteiger partial charge in [-0.1, -0.05) is 18.2 Å². The summed E-state index contributed by atoms with van der Waals surface area (Å²) in [5.74, 6) is 0.576. The number of nitrogens with one attached hydrogen (secondary N) is 1. The number of halogens is 1. The summed E-state index contributed by atoms with van der Waals surface area (Å²) in [5, 5.41) is 9.27. The van der Waals surface area contributed by atoms with Gasteiger partial charge in [-0.2, -0.15) is 5.26 Å². The molecule has 20 heavy (non-hydrogen) atoms. The molecule has 0 fully saturated rings. The molecule has 0 aliphatic carbocycles. The van der Waals surface area contributed by atoms with Crippen molar-refractivity contribution >= 4 is 35.1 Å². The van der Waals surface area contributed by atoms with Crippen LogP contribution in [0.1, 0.15) is 11.4 Å². The molecule has 3 rings (SSSR count). The van der Waals surface area contributed by atoms with Gasteiger partial charge in [0.25, 0.3) is 0 Å². The van der Waals surface area contributed by atoms with Crippen molar-refractivity contribution in [3.8, 4) is 6.07 Å². The first-order chi connectivity index (χ1) is 9.36. The Labute approximate surface area is 122 Å². The summed E-state index contributed by atoms with van der Waals surface area (Å²) in [6.45, 7) is 0. The number of pyridine rings is 1. The van der Waals surface area contributed by atoms with Gasteiger partial charge >= 0.3 is 0 Å². The maximum Gasteiger partial charge on any atom is 0.149 e. The van der Waals surface area contributed by atoms with Gasteiger partial charge in [0.2, 0.25) is 0 Å². The number of rotatable bonds is 2. The molecule has 5 heteroatoms. The van der Waals surface area contributed by atoms with Gasteiger partial charge in [0, 0.05) is 12.4 Å². The van der Waals surface area contributed by atoms with Gasteiger partial charge in [0.1, 0.15) is 11.9 Å². The van der Waals surface area contributed by atoms with Crippen LogP contribution in [0.4, 0.5) is 0 Å². The molecule has 0 aliphatic heterocycles. The van der Waals surface area contributed by atoms with Crippen molar-refractivity contribution in [2.45, 2.75) is 0 Å². The van der Waals surface area contributed by atoms with Gasteiger partial charge < -0.3 is 4.98 Å². The van der Waals surface area contributed by atoms with Crippen molar-refractivity contribution in [3.63, 3.8) is 0 Å². The third-order valence-electron chi connectivity index (χ3n) is 2.76. The zero-order valence-electron chi connectivity index (χ0n) is 10.4. The maximum absolute atomic E-state index is 9.27. The highest BCUT2D eigenvalue weighted by atomic mass is 35.5. The molecule has 0 spiro atoms. The van der Waals surface area contributed by atoms with E-state index < -0.39 is 0 Å². The van der Waals surface area contributed by atoms with Crippen LogP contribution in [0.3, 0.4) is 0 Å². The summed E-state index contributed by atoms with van der Waals surface area (Å²) >= 11 is 0. The highest BCUT2D eigenvalue weighted by Crippen LogP contribution is 2.18. The number of hydrogen-bond acceptors (Lipinski definition) is 3. The molecule has 2 aromatic heterocycles. The van der Waals surface area contributed by atoms with E-state index in [0.717, 1.165) is 16.6 Å². The van der Waals surface area contributed by atoms with Crippen LogP contribution in [0.5, 0.6) is 0 Å². The van der Waals surface area contributed by atoms with Gasteiger partial charge in [-0.3, -0.25) is 4.98 Å². The molecule has 1 aromatic carbocycles. The molecule has 0 radical (unpaired) electrons. The van der Waals surface area contributed by atoms with E-state index in [0.29, 0.717) is 11.4 Å². The van der Waals surface area contributed by atoms with Crippen molar-refractivity contribution in [1.29, 1.82) is 5.26 Å². The molecule has 0 aliphatic rings. The molecule has 0 saturated heterocycles. The van der Waals surface area contributed by atoms with Crippen LogP contribution in [0.25, 0.3) is 22.7 Å². The van der Waals surface area contributed by atoms with E-state index in [4.69, 9.17) is 0 Å². The summed E-state index contributed by atoms with van der Waals surface area (Å²) in [6.07, 6.45) is 5.18. The average molecular weight is 283 g/mol. The number of para-hydroxylation sites is 2. The van der Waals surface area contributed by atoms with Crippen LogP contribution in [0.2, 0.25) is 0 Å². The zero-order chi connectivity index (χ0) is 13.1. The second-order valence-corrected chi connectivity index (χ2v) is 4.06. The fourth-order valence-corrected chi connectivity index (χ4v) is 1.86. The van der Waals surface area contributed by atoms with Crippen LogP contribution in [0, 0.1) is 11.3 Å². The second-order valence-electron chi connectivity index (χ2n) is 4.06. The van der Waals surface area contributed by atoms with Gasteiger partial charge in [0.05, 0.1) is 16.6 Å². The third kappa shape index (κ3) is 2.68. The first kappa shape index (κ1) is 13.8. The second kappa shape index (κ2) is 6.00. The monoisotopic (exact) mass is 282 g/mol. The molecule has 0 atom stereocenters. The number of fused-ring (bicyclic) bond motifs is 1. The molecule has 0 unspecified atom stereocenters. The minimum atomic E-state index is 0. The van der Waals surface area contributed by atoms with Gasteiger partial charge in [0.15, 0.2) is 0 Å². The predicted molar refractivity (Wildman–Crippen MR) is 81.1 cm³/mol. The van der Waals surface area contributed by atoms with E-state index in [1.165, 1.54) is 0 Å². The van der Waals surface area contributed by atoms with Crippen LogP contribution in [-0.2, 0) is 0 Å². The first-order valence-corrected chi connectivity index (χ1v) is 5.84. The molecule has 0 bridgehead atoms. The van der Waals surface area contributed by atoms with Crippen molar-refractivity contribution in [2.75, 3.05) is 0 Å². The number of imidazole rings is 1. The van der Waals surface area contributed by atoms with E-state index in [9.17, 15) is 5.26 Å². The Balaban J connectivity index is 0.00000147. The standard InChI is InChI=1S/C15H10N4.ClH/c16-9-12(8-11-4-3-7-17-10-11)15-18-13-5-1-2-6-14(13)19-15;/h1-8,10H,(H,18,19);1H/b12-8-;. The van der Waals surface area contributed by atoms with E-state index in [2.05, 4.69) is 21.0 Å². The Morgan fingerprint density at radius 1 is 1.20 bits per heavy atom. The Morgan fingerprint density at radius 2 is 2.05 bits per heavy atom. The normalized spacial score (nSPS) is 10.8. The van der Waals surface area contributed by atoms with Crippen molar-refractivity contribution in [3.05, 3.63) is 60.2 Å². The summed E-state index contributed by atoms with van der Waals surface area (Å²) in [6, 6.07) is 13.6. The largest absolute Gasteiger partial charge is 0.337 e. The molecule has 0 saturated carbocycles. The summed E-state index contributed by atoms with van der Waals surface area (Å²) in [7, 11) is 0. The fourth-order valence-electron chi connectivity index (χ4n) is 1.86. The van der Waals surface area contributed by atoms with Crippen LogP contribution in [-0.4, -0.2) is 15.0 Å². The summed E-state index contributed by atoms with van der Waals surface area (Å²) in [4.78, 5) is 11.6. The topological polar surface area (TPSA) is 65.4 Å². The number of allylic oxidation sites excluding steroid dienone is 1. The predicted octanol–water partition coefficient (Wildman–Crippen LogP) is 3.44. The van der Waals surface area contributed by atoms with Crippen LogP contribution >= 0.6 is 12.4 Å². The molecule has 4 nitrogen and oxygen atoms in total. The summed E-state index contributed by atoms with van der Waals surface area (Å²) in [5.41, 5.74) is 3.14. The first-order valence-electron chi connectivity index (χ1n) is 5.84. The lowest BCUT2D eigenvalue weighted by atomic mass is 10.2. The number of aromatic amines is 1. The van der Waals surface area contributed by atoms with Crippen LogP contribution < -0.4 is 0 Å². The number of H-pyrrole nitrogens is 1. The van der Waals surface area contributed by atoms with E-state index in [1.807, 2.05) is 36.4 Å². The van der Waals surface area contributed by atoms with Crippen molar-refractivity contribution in [1.82, 2.24) is 15.0 Å². The highest BCUT2D eigenvalue weighted by Gasteiger charge is 2.07. The Hall–Kier alpha value is -2.64. The number of aromatic nitrogens is 3. The number of hydrogen-bond donors (Lipinski definition) is 1. The highest BCUT2D eigenvalue weighted by molar-refractivity contribution is 5.90. The van der Waals surface area contributed by atoms with E-state index >= 15 is 0 Å². The lowest BCUT2D eigenvalue weighted by Gasteiger charge is -1.94. The summed E-state index contributed by atoms with van der Waals surface area (Å²) < 4.78 is 0. The zero-order valence-corrected chi connectivity index (χ0v) is 11.3. The Kier molecular flexibility index (Phi) is 4.14. The SMILES string of the molecule is Cl.N#C/C(=C/c1cccnc1)c1nc2ccccc2[nH]1. The van der Waals surface area contributed by atoms with E-state index in [1.54, 1.807) is 18.5 Å². The molecule has 3 aromatic rings. The van der Waals surface area contributed by atoms with Gasteiger partial charge in [-0.15, -0.1) is 12.4 Å². The molecule has 0 amide bonds. The maximum atomic E-state index is 9.27. The van der Waals surface area contributed by atoms with Crippen LogP contribution in [0.15, 0.2) is 48.8 Å². The van der Waals surface area contributed by atoms with Crippen molar-refractivity contribution in [2.24, 2.45) is 0 Å². The Bertz CT molecular complexity index is 751. The molecular formula is C15H11ClN4. The molecule has 98 valence electrons. The number of nitrogens with zero attached hydrogens (tertiary/aromatic N) is 3. The average Bonchev–Trinajstić information content (AvgIpc) is 2.89. The Morgan fingerprint density at radius 3 is 2.75 bits per heavy atom. The lowest BCUT2D eigenvalue weighted by Crippen LogP contribution is -1.85. The minimum absolute atomic E-state index is 0. The van der Waals surface area contributed by atoms with Gasteiger partial charge in [-0.25, -0.2) is 4.98 Å². The van der Waals surface area contributed by atoms with E-state index in [-0.39, 0.29) is 12.4 Å². The third-order valence-corrected chi connectivity index (χ3v) is 2.76. The fraction of sp³-hybridized carbons (Fsp3) is 0. The molecular weight excluding hydrogens is 272 g/mol. The number of nitriles is 1.